The molecule has 0 radical (unpaired) electrons. The van der Waals surface area contributed by atoms with E-state index in [0.717, 1.165) is 19.3 Å². The molecule has 1 aromatic carbocycles. The Labute approximate surface area is 136 Å². The number of rotatable bonds is 5. The zero-order chi connectivity index (χ0) is 16.8. The van der Waals surface area contributed by atoms with Gasteiger partial charge in [-0.1, -0.05) is 32.1 Å². The first-order valence-corrected chi connectivity index (χ1v) is 8.13. The molecule has 3 nitrogen and oxygen atoms in total. The Balaban J connectivity index is 2.11. The summed E-state index contributed by atoms with van der Waals surface area (Å²) in [5.74, 6) is 4.45. The van der Waals surface area contributed by atoms with Crippen LogP contribution in [0.4, 0.5) is 10.1 Å². The van der Waals surface area contributed by atoms with Crippen LogP contribution in [0.5, 0.6) is 0 Å². The third-order valence-corrected chi connectivity index (χ3v) is 3.98. The minimum atomic E-state index is -1.06. The highest BCUT2D eigenvalue weighted by Gasteiger charge is 2.31. The quantitative estimate of drug-likeness (QED) is 0.658. The average molecular weight is 315 g/mol. The van der Waals surface area contributed by atoms with E-state index in [-0.39, 0.29) is 11.3 Å². The van der Waals surface area contributed by atoms with E-state index in [1.165, 1.54) is 31.0 Å². The summed E-state index contributed by atoms with van der Waals surface area (Å²) < 4.78 is 13.3. The topological polar surface area (TPSA) is 49.7 Å². The van der Waals surface area contributed by atoms with E-state index in [0.29, 0.717) is 11.4 Å². The molecule has 0 spiro atoms. The first kappa shape index (κ1) is 17.4. The van der Waals surface area contributed by atoms with E-state index >= 15 is 0 Å². The van der Waals surface area contributed by atoms with Gasteiger partial charge >= 0.3 is 0 Å². The molecular formula is C19H22FNO2. The lowest BCUT2D eigenvalue weighted by Gasteiger charge is -2.22. The van der Waals surface area contributed by atoms with Gasteiger partial charge in [0.2, 0.25) is 0 Å². The highest BCUT2D eigenvalue weighted by atomic mass is 19.1. The largest absolute Gasteiger partial charge is 0.375 e. The molecule has 4 heteroatoms. The van der Waals surface area contributed by atoms with Crippen LogP contribution in [0.2, 0.25) is 0 Å². The van der Waals surface area contributed by atoms with Crippen molar-refractivity contribution in [3.05, 3.63) is 29.6 Å². The first-order valence-electron chi connectivity index (χ1n) is 8.13. The second-order valence-corrected chi connectivity index (χ2v) is 5.82. The number of aliphatic hydroxyl groups excluding tert-OH is 1. The fraction of sp³-hybridized carbons (Fsp3) is 0.474. The summed E-state index contributed by atoms with van der Waals surface area (Å²) in [6, 6.07) is 3.91. The van der Waals surface area contributed by atoms with Crippen molar-refractivity contribution in [1.82, 2.24) is 0 Å². The Morgan fingerprint density at radius 3 is 2.87 bits per heavy atom. The molecule has 1 N–H and O–H groups in total. The molecule has 1 aliphatic rings. The van der Waals surface area contributed by atoms with Crippen molar-refractivity contribution in [2.45, 2.75) is 52.1 Å². The third kappa shape index (κ3) is 4.27. The Kier molecular flexibility index (Phi) is 6.06. The molecule has 2 atom stereocenters. The van der Waals surface area contributed by atoms with Gasteiger partial charge < -0.3 is 5.11 Å². The number of benzene rings is 1. The van der Waals surface area contributed by atoms with E-state index in [4.69, 9.17) is 0 Å². The maximum absolute atomic E-state index is 13.3. The van der Waals surface area contributed by atoms with Crippen LogP contribution in [0.3, 0.4) is 0 Å². The molecule has 0 amide bonds. The average Bonchev–Trinajstić information content (AvgIpc) is 2.54. The van der Waals surface area contributed by atoms with E-state index < -0.39 is 17.8 Å². The molecular weight excluding hydrogens is 293 g/mol. The summed E-state index contributed by atoms with van der Waals surface area (Å²) >= 11 is 0. The number of hydrogen-bond acceptors (Lipinski definition) is 3. The van der Waals surface area contributed by atoms with Crippen molar-refractivity contribution in [2.24, 2.45) is 10.9 Å². The standard InChI is InChI=1S/C19H22FNO2/c1-3-4-5-6-7-8-9-17(22)18-13(2)19(23)15-12-14(20)10-11-16(15)21-18/h10-13,17,22H,3-7H2,1-2H3. The van der Waals surface area contributed by atoms with Crippen molar-refractivity contribution >= 4 is 17.2 Å². The predicted molar refractivity (Wildman–Crippen MR) is 89.5 cm³/mol. The van der Waals surface area contributed by atoms with Crippen LogP contribution in [0.1, 0.15) is 56.3 Å². The molecule has 0 fully saturated rings. The minimum Gasteiger partial charge on any atom is -0.375 e. The molecule has 1 aliphatic heterocycles. The molecule has 2 rings (SSSR count). The van der Waals surface area contributed by atoms with Gasteiger partial charge in [-0.05, 0) is 31.5 Å². The Bertz CT molecular complexity index is 670. The molecule has 0 bridgehead atoms. The summed E-state index contributed by atoms with van der Waals surface area (Å²) in [7, 11) is 0. The number of hydrogen-bond donors (Lipinski definition) is 1. The maximum atomic E-state index is 13.3. The van der Waals surface area contributed by atoms with Crippen LogP contribution in [0.25, 0.3) is 0 Å². The van der Waals surface area contributed by atoms with Crippen molar-refractivity contribution in [3.63, 3.8) is 0 Å². The van der Waals surface area contributed by atoms with Gasteiger partial charge in [0.15, 0.2) is 11.9 Å². The maximum Gasteiger partial charge on any atom is 0.173 e. The normalized spacial score (nSPS) is 17.8. The zero-order valence-electron chi connectivity index (χ0n) is 13.6. The van der Waals surface area contributed by atoms with Gasteiger partial charge in [0.25, 0.3) is 0 Å². The summed E-state index contributed by atoms with van der Waals surface area (Å²) in [6.07, 6.45) is 4.18. The van der Waals surface area contributed by atoms with Gasteiger partial charge in [0, 0.05) is 12.0 Å². The molecule has 0 aliphatic carbocycles. The number of Topliss-reactive ketones (excluding diaryl/α,β-unsaturated/α-hetero) is 1. The van der Waals surface area contributed by atoms with Crippen molar-refractivity contribution in [2.75, 3.05) is 0 Å². The molecule has 0 saturated carbocycles. The lowest BCUT2D eigenvalue weighted by atomic mass is 9.88. The number of nitrogens with zero attached hydrogens (tertiary/aromatic N) is 1. The number of carbonyl (C=O) groups excluding carboxylic acids is 1. The number of aliphatic hydroxyl groups is 1. The van der Waals surface area contributed by atoms with Crippen LogP contribution in [0.15, 0.2) is 23.2 Å². The smallest absolute Gasteiger partial charge is 0.173 e. The number of ketones is 1. The predicted octanol–water partition coefficient (Wildman–Crippen LogP) is 4.07. The van der Waals surface area contributed by atoms with E-state index in [2.05, 4.69) is 23.8 Å². The highest BCUT2D eigenvalue weighted by Crippen LogP contribution is 2.30. The van der Waals surface area contributed by atoms with Gasteiger partial charge in [-0.2, -0.15) is 0 Å². The molecule has 1 aromatic rings. The van der Waals surface area contributed by atoms with Crippen molar-refractivity contribution in [3.8, 4) is 11.8 Å². The second-order valence-electron chi connectivity index (χ2n) is 5.82. The highest BCUT2D eigenvalue weighted by molar-refractivity contribution is 6.19. The zero-order valence-corrected chi connectivity index (χ0v) is 13.6. The Morgan fingerprint density at radius 2 is 2.13 bits per heavy atom. The lowest BCUT2D eigenvalue weighted by molar-refractivity contribution is 0.0954. The SMILES string of the molecule is CCCCCCC#CC(O)C1=Nc2ccc(F)cc2C(=O)C1C. The third-order valence-electron chi connectivity index (χ3n) is 3.98. The Hall–Kier alpha value is -1.99. The van der Waals surface area contributed by atoms with Crippen LogP contribution in [0, 0.1) is 23.6 Å². The van der Waals surface area contributed by atoms with Gasteiger partial charge in [0.05, 0.1) is 17.3 Å². The molecule has 0 saturated heterocycles. The van der Waals surface area contributed by atoms with E-state index in [1.807, 2.05) is 0 Å². The van der Waals surface area contributed by atoms with Crippen LogP contribution in [-0.2, 0) is 0 Å². The molecule has 122 valence electrons. The van der Waals surface area contributed by atoms with Crippen LogP contribution >= 0.6 is 0 Å². The summed E-state index contributed by atoms with van der Waals surface area (Å²) in [5.41, 5.74) is 1.00. The fourth-order valence-electron chi connectivity index (χ4n) is 2.59. The van der Waals surface area contributed by atoms with Crippen molar-refractivity contribution in [1.29, 1.82) is 0 Å². The first-order chi connectivity index (χ1) is 11.0. The van der Waals surface area contributed by atoms with E-state index in [1.54, 1.807) is 6.92 Å². The van der Waals surface area contributed by atoms with Gasteiger partial charge in [0.1, 0.15) is 5.82 Å². The fourth-order valence-corrected chi connectivity index (χ4v) is 2.59. The summed E-state index contributed by atoms with van der Waals surface area (Å²) in [5, 5.41) is 10.2. The minimum absolute atomic E-state index is 0.228. The Morgan fingerprint density at radius 1 is 1.35 bits per heavy atom. The number of carbonyl (C=O) groups is 1. The lowest BCUT2D eigenvalue weighted by Crippen LogP contribution is -2.33. The van der Waals surface area contributed by atoms with Crippen LogP contribution < -0.4 is 0 Å². The monoisotopic (exact) mass is 315 g/mol. The second kappa shape index (κ2) is 8.03. The number of halogens is 1. The van der Waals surface area contributed by atoms with Gasteiger partial charge in [-0.25, -0.2) is 4.39 Å². The summed E-state index contributed by atoms with van der Waals surface area (Å²) in [6.45, 7) is 3.82. The molecule has 0 aromatic heterocycles. The number of unbranched alkanes of at least 4 members (excludes halogenated alkanes) is 4. The van der Waals surface area contributed by atoms with Gasteiger partial charge in [-0.3, -0.25) is 9.79 Å². The number of fused-ring (bicyclic) bond motifs is 1. The van der Waals surface area contributed by atoms with Gasteiger partial charge in [-0.15, -0.1) is 5.92 Å². The van der Waals surface area contributed by atoms with E-state index in [9.17, 15) is 14.3 Å². The molecule has 2 unspecified atom stereocenters. The number of aliphatic imine (C=N–C) groups is 1. The molecule has 23 heavy (non-hydrogen) atoms. The molecule has 1 heterocycles. The van der Waals surface area contributed by atoms with Crippen molar-refractivity contribution < 1.29 is 14.3 Å². The van der Waals surface area contributed by atoms with Crippen LogP contribution in [-0.4, -0.2) is 22.7 Å². The summed E-state index contributed by atoms with van der Waals surface area (Å²) in [4.78, 5) is 16.6.